The molecule has 1 aromatic carbocycles. The molecule has 0 saturated heterocycles. The van der Waals surface area contributed by atoms with Gasteiger partial charge in [-0.25, -0.2) is 0 Å². The molecule has 0 unspecified atom stereocenters. The lowest BCUT2D eigenvalue weighted by Gasteiger charge is -2.30. The number of hydrogen-bond acceptors (Lipinski definition) is 4. The topological polar surface area (TPSA) is 46.3 Å². The van der Waals surface area contributed by atoms with Crippen LogP contribution in [0.2, 0.25) is 0 Å². The van der Waals surface area contributed by atoms with Crippen LogP contribution in [-0.2, 0) is 11.2 Å². The Bertz CT molecular complexity index is 679. The Morgan fingerprint density at radius 2 is 2.29 bits per heavy atom. The number of fused-ring (bicyclic) bond motifs is 1. The first-order valence-corrected chi connectivity index (χ1v) is 8.49. The zero-order valence-electron chi connectivity index (χ0n) is 11.9. The highest BCUT2D eigenvalue weighted by atomic mass is 79.9. The van der Waals surface area contributed by atoms with Crippen molar-refractivity contribution >= 4 is 39.3 Å². The van der Waals surface area contributed by atoms with Crippen LogP contribution < -0.4 is 4.90 Å². The molecule has 1 amide bonds. The standard InChI is InChI=1S/C15H15BrN2O2S/c1-9-11(10(2)20-17-9)8-14(19)18-6-7-21-13-5-3-4-12(16)15(13)18/h3-5H,6-8H2,1-2H3. The maximum atomic E-state index is 12.7. The summed E-state index contributed by atoms with van der Waals surface area (Å²) in [6, 6.07) is 6.03. The number of halogens is 1. The second-order valence-electron chi connectivity index (χ2n) is 4.96. The lowest BCUT2D eigenvalue weighted by molar-refractivity contribution is -0.118. The third kappa shape index (κ3) is 2.74. The summed E-state index contributed by atoms with van der Waals surface area (Å²) in [4.78, 5) is 15.7. The molecule has 1 aliphatic rings. The van der Waals surface area contributed by atoms with Crippen molar-refractivity contribution in [3.8, 4) is 0 Å². The fourth-order valence-electron chi connectivity index (χ4n) is 2.48. The molecule has 0 spiro atoms. The van der Waals surface area contributed by atoms with Gasteiger partial charge in [-0.3, -0.25) is 4.79 Å². The summed E-state index contributed by atoms with van der Waals surface area (Å²) in [5.74, 6) is 1.72. The lowest BCUT2D eigenvalue weighted by Crippen LogP contribution is -2.37. The number of amides is 1. The molecule has 21 heavy (non-hydrogen) atoms. The summed E-state index contributed by atoms with van der Waals surface area (Å²) in [6.45, 7) is 4.44. The normalized spacial score (nSPS) is 14.1. The first kappa shape index (κ1) is 14.7. The minimum atomic E-state index is 0.0813. The van der Waals surface area contributed by atoms with Gasteiger partial charge in [0.25, 0.3) is 0 Å². The molecule has 0 radical (unpaired) electrons. The van der Waals surface area contributed by atoms with E-state index in [1.54, 1.807) is 11.8 Å². The van der Waals surface area contributed by atoms with Crippen LogP contribution in [0.4, 0.5) is 5.69 Å². The van der Waals surface area contributed by atoms with Crippen molar-refractivity contribution in [3.63, 3.8) is 0 Å². The maximum absolute atomic E-state index is 12.7. The van der Waals surface area contributed by atoms with Crippen molar-refractivity contribution in [2.24, 2.45) is 0 Å². The molecule has 2 heterocycles. The fraction of sp³-hybridized carbons (Fsp3) is 0.333. The minimum absolute atomic E-state index is 0.0813. The number of carbonyl (C=O) groups excluding carboxylic acids is 1. The molecule has 0 aliphatic carbocycles. The molecular formula is C15H15BrN2O2S. The number of aryl methyl sites for hydroxylation is 2. The summed E-state index contributed by atoms with van der Waals surface area (Å²) >= 11 is 5.34. The van der Waals surface area contributed by atoms with Crippen molar-refractivity contribution in [2.45, 2.75) is 25.2 Å². The molecule has 3 rings (SSSR count). The zero-order chi connectivity index (χ0) is 15.0. The number of aromatic nitrogens is 1. The van der Waals surface area contributed by atoms with E-state index in [1.165, 1.54) is 0 Å². The van der Waals surface area contributed by atoms with Crippen molar-refractivity contribution in [1.82, 2.24) is 5.16 Å². The van der Waals surface area contributed by atoms with Gasteiger partial charge in [-0.2, -0.15) is 0 Å². The second kappa shape index (κ2) is 5.85. The number of hydrogen-bond donors (Lipinski definition) is 0. The number of para-hydroxylation sites is 1. The number of carbonyl (C=O) groups is 1. The Morgan fingerprint density at radius 3 is 3.00 bits per heavy atom. The quantitative estimate of drug-likeness (QED) is 0.812. The molecule has 0 fully saturated rings. The molecule has 0 bridgehead atoms. The average Bonchev–Trinajstić information content (AvgIpc) is 2.79. The van der Waals surface area contributed by atoms with Gasteiger partial charge in [0.2, 0.25) is 5.91 Å². The van der Waals surface area contributed by atoms with Gasteiger partial charge in [0.05, 0.1) is 17.8 Å². The van der Waals surface area contributed by atoms with Crippen LogP contribution in [-0.4, -0.2) is 23.4 Å². The van der Waals surface area contributed by atoms with E-state index in [-0.39, 0.29) is 5.91 Å². The third-order valence-electron chi connectivity index (χ3n) is 3.60. The molecule has 1 aliphatic heterocycles. The average molecular weight is 367 g/mol. The number of thioether (sulfide) groups is 1. The molecule has 4 nitrogen and oxygen atoms in total. The van der Waals surface area contributed by atoms with E-state index in [0.29, 0.717) is 6.42 Å². The van der Waals surface area contributed by atoms with E-state index >= 15 is 0 Å². The summed E-state index contributed by atoms with van der Waals surface area (Å²) < 4.78 is 6.10. The van der Waals surface area contributed by atoms with E-state index in [4.69, 9.17) is 4.52 Å². The number of benzene rings is 1. The van der Waals surface area contributed by atoms with Crippen LogP contribution in [0.1, 0.15) is 17.0 Å². The Balaban J connectivity index is 1.91. The SMILES string of the molecule is Cc1noc(C)c1CC(=O)N1CCSc2cccc(Br)c21. The summed E-state index contributed by atoms with van der Waals surface area (Å²) in [7, 11) is 0. The van der Waals surface area contributed by atoms with E-state index in [2.05, 4.69) is 27.2 Å². The maximum Gasteiger partial charge on any atom is 0.231 e. The van der Waals surface area contributed by atoms with Gasteiger partial charge in [0.1, 0.15) is 5.76 Å². The molecular weight excluding hydrogens is 352 g/mol. The van der Waals surface area contributed by atoms with Crippen molar-refractivity contribution in [3.05, 3.63) is 39.7 Å². The smallest absolute Gasteiger partial charge is 0.231 e. The third-order valence-corrected chi connectivity index (χ3v) is 5.27. The van der Waals surface area contributed by atoms with Gasteiger partial charge in [-0.15, -0.1) is 11.8 Å². The fourth-order valence-corrected chi connectivity index (χ4v) is 4.22. The van der Waals surface area contributed by atoms with Gasteiger partial charge >= 0.3 is 0 Å². The molecule has 1 aromatic heterocycles. The summed E-state index contributed by atoms with van der Waals surface area (Å²) in [5, 5.41) is 3.92. The van der Waals surface area contributed by atoms with E-state index in [0.717, 1.165) is 44.4 Å². The van der Waals surface area contributed by atoms with E-state index in [1.807, 2.05) is 30.9 Å². The highest BCUT2D eigenvalue weighted by molar-refractivity contribution is 9.10. The predicted molar refractivity (Wildman–Crippen MR) is 86.9 cm³/mol. The monoisotopic (exact) mass is 366 g/mol. The molecule has 0 N–H and O–H groups in total. The van der Waals surface area contributed by atoms with Gasteiger partial charge < -0.3 is 9.42 Å². The lowest BCUT2D eigenvalue weighted by atomic mass is 10.1. The first-order chi connectivity index (χ1) is 10.1. The van der Waals surface area contributed by atoms with E-state index in [9.17, 15) is 4.79 Å². The molecule has 0 saturated carbocycles. The highest BCUT2D eigenvalue weighted by Crippen LogP contribution is 2.40. The minimum Gasteiger partial charge on any atom is -0.361 e. The van der Waals surface area contributed by atoms with Crippen LogP contribution in [0.5, 0.6) is 0 Å². The van der Waals surface area contributed by atoms with Crippen LogP contribution in [0, 0.1) is 13.8 Å². The summed E-state index contributed by atoms with van der Waals surface area (Å²) in [5.41, 5.74) is 2.66. The number of nitrogens with zero attached hydrogens (tertiary/aromatic N) is 2. The van der Waals surface area contributed by atoms with Crippen LogP contribution in [0.15, 0.2) is 32.1 Å². The van der Waals surface area contributed by atoms with Gasteiger partial charge in [0.15, 0.2) is 0 Å². The van der Waals surface area contributed by atoms with E-state index < -0.39 is 0 Å². The van der Waals surface area contributed by atoms with Crippen molar-refractivity contribution in [2.75, 3.05) is 17.2 Å². The Hall–Kier alpha value is -1.27. The predicted octanol–water partition coefficient (Wildman–Crippen LogP) is 3.74. The zero-order valence-corrected chi connectivity index (χ0v) is 14.3. The van der Waals surface area contributed by atoms with Crippen LogP contribution in [0.25, 0.3) is 0 Å². The van der Waals surface area contributed by atoms with Crippen molar-refractivity contribution in [1.29, 1.82) is 0 Å². The number of anilines is 1. The van der Waals surface area contributed by atoms with Gasteiger partial charge in [-0.05, 0) is 41.9 Å². The number of rotatable bonds is 2. The van der Waals surface area contributed by atoms with Crippen molar-refractivity contribution < 1.29 is 9.32 Å². The molecule has 2 aromatic rings. The van der Waals surface area contributed by atoms with Crippen LogP contribution >= 0.6 is 27.7 Å². The molecule has 110 valence electrons. The van der Waals surface area contributed by atoms with Gasteiger partial charge in [-0.1, -0.05) is 11.2 Å². The first-order valence-electron chi connectivity index (χ1n) is 6.71. The molecule has 0 atom stereocenters. The highest BCUT2D eigenvalue weighted by Gasteiger charge is 2.26. The Labute approximate surface area is 136 Å². The molecule has 6 heteroatoms. The largest absolute Gasteiger partial charge is 0.361 e. The Kier molecular flexibility index (Phi) is 4.08. The van der Waals surface area contributed by atoms with Crippen LogP contribution in [0.3, 0.4) is 0 Å². The van der Waals surface area contributed by atoms with Gasteiger partial charge in [0, 0.05) is 27.2 Å². The summed E-state index contributed by atoms with van der Waals surface area (Å²) in [6.07, 6.45) is 0.326. The Morgan fingerprint density at radius 1 is 1.48 bits per heavy atom. The second-order valence-corrected chi connectivity index (χ2v) is 6.95.